The highest BCUT2D eigenvalue weighted by Gasteiger charge is 2.01. The highest BCUT2D eigenvalue weighted by atomic mass is 19.1. The summed E-state index contributed by atoms with van der Waals surface area (Å²) < 4.78 is 12.8. The standard InChI is InChI=1S/C12H9FN4O/c13-7-1-3-8(4-2-7)15-9-5-10-11(14-6-9)17-12(18)16-10/h1-6,15H,(H2,14,16,17,18). The van der Waals surface area contributed by atoms with Crippen molar-refractivity contribution in [3.8, 4) is 0 Å². The predicted molar refractivity (Wildman–Crippen MR) is 66.4 cm³/mol. The molecule has 0 aliphatic rings. The van der Waals surface area contributed by atoms with E-state index in [1.165, 1.54) is 12.1 Å². The molecule has 5 nitrogen and oxygen atoms in total. The van der Waals surface area contributed by atoms with Gasteiger partial charge in [-0.25, -0.2) is 14.2 Å². The molecule has 3 rings (SSSR count). The van der Waals surface area contributed by atoms with E-state index in [2.05, 4.69) is 20.3 Å². The number of nitrogens with one attached hydrogen (secondary N) is 3. The first-order valence-electron chi connectivity index (χ1n) is 5.31. The lowest BCUT2D eigenvalue weighted by molar-refractivity contribution is 0.628. The van der Waals surface area contributed by atoms with Gasteiger partial charge in [0.25, 0.3) is 0 Å². The monoisotopic (exact) mass is 244 g/mol. The molecule has 0 unspecified atom stereocenters. The molecule has 3 N–H and O–H groups in total. The number of imidazole rings is 1. The second-order valence-corrected chi connectivity index (χ2v) is 3.83. The normalized spacial score (nSPS) is 10.7. The van der Waals surface area contributed by atoms with E-state index < -0.39 is 0 Å². The molecule has 0 aliphatic heterocycles. The number of nitrogens with zero attached hydrogens (tertiary/aromatic N) is 1. The fourth-order valence-electron chi connectivity index (χ4n) is 1.69. The number of fused-ring (bicyclic) bond motifs is 1. The molecule has 0 radical (unpaired) electrons. The first-order valence-corrected chi connectivity index (χ1v) is 5.31. The zero-order valence-corrected chi connectivity index (χ0v) is 9.20. The Kier molecular flexibility index (Phi) is 2.33. The van der Waals surface area contributed by atoms with Crippen molar-refractivity contribution in [2.24, 2.45) is 0 Å². The van der Waals surface area contributed by atoms with E-state index in [-0.39, 0.29) is 11.5 Å². The number of H-pyrrole nitrogens is 2. The van der Waals surface area contributed by atoms with Crippen LogP contribution in [-0.4, -0.2) is 15.0 Å². The fourth-order valence-corrected chi connectivity index (χ4v) is 1.69. The van der Waals surface area contributed by atoms with Crippen molar-refractivity contribution in [1.82, 2.24) is 15.0 Å². The van der Waals surface area contributed by atoms with Crippen LogP contribution in [-0.2, 0) is 0 Å². The van der Waals surface area contributed by atoms with Gasteiger partial charge in [0.15, 0.2) is 5.65 Å². The van der Waals surface area contributed by atoms with E-state index >= 15 is 0 Å². The van der Waals surface area contributed by atoms with Crippen LogP contribution in [0, 0.1) is 5.82 Å². The van der Waals surface area contributed by atoms with Crippen molar-refractivity contribution in [3.63, 3.8) is 0 Å². The van der Waals surface area contributed by atoms with Crippen LogP contribution in [0.1, 0.15) is 0 Å². The summed E-state index contributed by atoms with van der Waals surface area (Å²) in [5.41, 5.74) is 2.29. The minimum atomic E-state index is -0.295. The van der Waals surface area contributed by atoms with Gasteiger partial charge in [-0.05, 0) is 30.3 Å². The second-order valence-electron chi connectivity index (χ2n) is 3.83. The van der Waals surface area contributed by atoms with Crippen LogP contribution in [0.15, 0.2) is 41.3 Å². The van der Waals surface area contributed by atoms with Crippen LogP contribution in [0.4, 0.5) is 15.8 Å². The lowest BCUT2D eigenvalue weighted by Gasteiger charge is -2.05. The minimum absolute atomic E-state index is 0.288. The number of halogens is 1. The molecule has 0 saturated carbocycles. The van der Waals surface area contributed by atoms with E-state index in [0.717, 1.165) is 5.69 Å². The van der Waals surface area contributed by atoms with Crippen LogP contribution in [0.3, 0.4) is 0 Å². The van der Waals surface area contributed by atoms with Gasteiger partial charge in [0.1, 0.15) is 5.82 Å². The van der Waals surface area contributed by atoms with E-state index in [0.29, 0.717) is 16.9 Å². The van der Waals surface area contributed by atoms with Gasteiger partial charge in [0.2, 0.25) is 0 Å². The largest absolute Gasteiger partial charge is 0.354 e. The maximum atomic E-state index is 12.8. The highest BCUT2D eigenvalue weighted by molar-refractivity contribution is 5.75. The van der Waals surface area contributed by atoms with Gasteiger partial charge in [-0.15, -0.1) is 0 Å². The Labute approximate surface area is 101 Å². The number of benzene rings is 1. The number of rotatable bonds is 2. The molecule has 18 heavy (non-hydrogen) atoms. The third-order valence-electron chi connectivity index (χ3n) is 2.50. The smallest absolute Gasteiger partial charge is 0.325 e. The highest BCUT2D eigenvalue weighted by Crippen LogP contribution is 2.18. The molecule has 1 aromatic carbocycles. The molecule has 0 saturated heterocycles. The molecule has 90 valence electrons. The summed E-state index contributed by atoms with van der Waals surface area (Å²) in [6.45, 7) is 0. The molecule has 0 bridgehead atoms. The number of aromatic amines is 2. The van der Waals surface area contributed by atoms with Crippen molar-refractivity contribution in [3.05, 3.63) is 52.8 Å². The minimum Gasteiger partial charge on any atom is -0.354 e. The van der Waals surface area contributed by atoms with Gasteiger partial charge in [0.05, 0.1) is 17.4 Å². The predicted octanol–water partition coefficient (Wildman–Crippen LogP) is 2.13. The average Bonchev–Trinajstić information content (AvgIpc) is 2.71. The van der Waals surface area contributed by atoms with Crippen LogP contribution in [0.2, 0.25) is 0 Å². The molecular weight excluding hydrogens is 235 g/mol. The first-order chi connectivity index (χ1) is 8.70. The van der Waals surface area contributed by atoms with Gasteiger partial charge >= 0.3 is 5.69 Å². The van der Waals surface area contributed by atoms with Gasteiger partial charge in [-0.2, -0.15) is 0 Å². The summed E-state index contributed by atoms with van der Waals surface area (Å²) in [6, 6.07) is 7.74. The zero-order valence-electron chi connectivity index (χ0n) is 9.20. The fraction of sp³-hybridized carbons (Fsp3) is 0. The molecule has 2 heterocycles. The molecule has 6 heteroatoms. The zero-order chi connectivity index (χ0) is 12.5. The Bertz CT molecular complexity index is 745. The lowest BCUT2D eigenvalue weighted by Crippen LogP contribution is -1.99. The molecular formula is C12H9FN4O. The van der Waals surface area contributed by atoms with Crippen LogP contribution in [0.25, 0.3) is 11.2 Å². The summed E-state index contributed by atoms with van der Waals surface area (Å²) in [5.74, 6) is -0.288. The maximum Gasteiger partial charge on any atom is 0.325 e. The quantitative estimate of drug-likeness (QED) is 0.646. The molecule has 3 aromatic rings. The Hall–Kier alpha value is -2.63. The van der Waals surface area contributed by atoms with Gasteiger partial charge in [0, 0.05) is 5.69 Å². The van der Waals surface area contributed by atoms with Crippen molar-refractivity contribution in [1.29, 1.82) is 0 Å². The number of anilines is 2. The second kappa shape index (κ2) is 3.99. The number of hydrogen-bond acceptors (Lipinski definition) is 3. The van der Waals surface area contributed by atoms with Gasteiger partial charge in [-0.3, -0.25) is 4.98 Å². The third kappa shape index (κ3) is 1.95. The lowest BCUT2D eigenvalue weighted by atomic mass is 10.3. The summed E-state index contributed by atoms with van der Waals surface area (Å²) >= 11 is 0. The summed E-state index contributed by atoms with van der Waals surface area (Å²) in [7, 11) is 0. The van der Waals surface area contributed by atoms with E-state index in [9.17, 15) is 9.18 Å². The number of pyridine rings is 1. The Balaban J connectivity index is 1.94. The third-order valence-corrected chi connectivity index (χ3v) is 2.50. The first kappa shape index (κ1) is 10.5. The van der Waals surface area contributed by atoms with Crippen molar-refractivity contribution >= 4 is 22.5 Å². The summed E-state index contributed by atoms with van der Waals surface area (Å²) in [5, 5.41) is 3.07. The van der Waals surface area contributed by atoms with Crippen molar-refractivity contribution < 1.29 is 4.39 Å². The Morgan fingerprint density at radius 3 is 2.67 bits per heavy atom. The molecule has 0 aliphatic carbocycles. The van der Waals surface area contributed by atoms with Crippen LogP contribution in [0.5, 0.6) is 0 Å². The maximum absolute atomic E-state index is 12.8. The average molecular weight is 244 g/mol. The van der Waals surface area contributed by atoms with E-state index in [1.54, 1.807) is 24.4 Å². The summed E-state index contributed by atoms with van der Waals surface area (Å²) in [6.07, 6.45) is 1.59. The SMILES string of the molecule is O=c1[nH]c2cc(Nc3ccc(F)cc3)cnc2[nH]1. The Morgan fingerprint density at radius 1 is 1.11 bits per heavy atom. The topological polar surface area (TPSA) is 73.6 Å². The van der Waals surface area contributed by atoms with Gasteiger partial charge in [-0.1, -0.05) is 0 Å². The van der Waals surface area contributed by atoms with E-state index in [4.69, 9.17) is 0 Å². The van der Waals surface area contributed by atoms with E-state index in [1.807, 2.05) is 0 Å². The summed E-state index contributed by atoms with van der Waals surface area (Å²) in [4.78, 5) is 20.4. The van der Waals surface area contributed by atoms with Crippen molar-refractivity contribution in [2.45, 2.75) is 0 Å². The van der Waals surface area contributed by atoms with Crippen LogP contribution >= 0.6 is 0 Å². The molecule has 0 spiro atoms. The molecule has 0 fully saturated rings. The van der Waals surface area contributed by atoms with Gasteiger partial charge < -0.3 is 10.3 Å². The molecule has 2 aromatic heterocycles. The molecule has 0 atom stereocenters. The molecule has 0 amide bonds. The Morgan fingerprint density at radius 2 is 1.89 bits per heavy atom. The number of hydrogen-bond donors (Lipinski definition) is 3. The number of aromatic nitrogens is 3. The van der Waals surface area contributed by atoms with Crippen LogP contribution < -0.4 is 11.0 Å². The van der Waals surface area contributed by atoms with Crippen molar-refractivity contribution in [2.75, 3.05) is 5.32 Å².